The lowest BCUT2D eigenvalue weighted by Crippen LogP contribution is -2.49. The second-order valence-electron chi connectivity index (χ2n) is 9.54. The first kappa shape index (κ1) is 29.3. The van der Waals surface area contributed by atoms with Gasteiger partial charge in [0.15, 0.2) is 5.69 Å². The minimum Gasteiger partial charge on any atom is -0.344 e. The van der Waals surface area contributed by atoms with E-state index in [1.165, 1.54) is 11.3 Å². The second-order valence-corrected chi connectivity index (χ2v) is 10.5. The van der Waals surface area contributed by atoms with Crippen LogP contribution < -0.4 is 10.6 Å². The normalized spacial score (nSPS) is 16.3. The van der Waals surface area contributed by atoms with E-state index in [-0.39, 0.29) is 31.4 Å². The topological polar surface area (TPSA) is 106 Å². The lowest BCUT2D eigenvalue weighted by atomic mass is 9.82. The summed E-state index contributed by atoms with van der Waals surface area (Å²) in [6, 6.07) is 7.27. The summed E-state index contributed by atoms with van der Waals surface area (Å²) in [7, 11) is 0. The number of amides is 2. The molecular formula is C26H26F5N5O3S. The Bertz CT molecular complexity index is 1320. The summed E-state index contributed by atoms with van der Waals surface area (Å²) < 4.78 is 69.1. The van der Waals surface area contributed by atoms with Crippen molar-refractivity contribution >= 4 is 28.9 Å². The number of carbonyl (C=O) groups is 3. The van der Waals surface area contributed by atoms with Gasteiger partial charge < -0.3 is 10.6 Å². The molecule has 0 aliphatic heterocycles. The first-order valence-electron chi connectivity index (χ1n) is 12.5. The summed E-state index contributed by atoms with van der Waals surface area (Å²) >= 11 is 1.28. The number of ketones is 1. The van der Waals surface area contributed by atoms with Crippen LogP contribution >= 0.6 is 11.3 Å². The summed E-state index contributed by atoms with van der Waals surface area (Å²) in [4.78, 5) is 42.4. The van der Waals surface area contributed by atoms with E-state index in [1.54, 1.807) is 41.9 Å². The molecule has 2 aromatic heterocycles. The van der Waals surface area contributed by atoms with Crippen molar-refractivity contribution in [2.75, 3.05) is 0 Å². The Balaban J connectivity index is 1.48. The number of nitrogens with zero attached hydrogens (tertiary/aromatic N) is 3. The van der Waals surface area contributed by atoms with Crippen molar-refractivity contribution in [1.82, 2.24) is 25.4 Å². The fraction of sp³-hybridized carbons (Fsp3) is 0.423. The lowest BCUT2D eigenvalue weighted by Gasteiger charge is -2.28. The highest BCUT2D eigenvalue weighted by Crippen LogP contribution is 2.44. The van der Waals surface area contributed by atoms with Gasteiger partial charge in [0.05, 0.1) is 6.54 Å². The first-order valence-corrected chi connectivity index (χ1v) is 13.4. The minimum absolute atomic E-state index is 0.0115. The number of rotatable bonds is 10. The predicted octanol–water partition coefficient (Wildman–Crippen LogP) is 4.26. The van der Waals surface area contributed by atoms with E-state index < -0.39 is 66.7 Å². The third-order valence-electron chi connectivity index (χ3n) is 6.56. The van der Waals surface area contributed by atoms with Crippen LogP contribution in [0.25, 0.3) is 0 Å². The van der Waals surface area contributed by atoms with Crippen molar-refractivity contribution in [2.24, 2.45) is 0 Å². The summed E-state index contributed by atoms with van der Waals surface area (Å²) in [6.07, 6.45) is -3.65. The van der Waals surface area contributed by atoms with E-state index in [4.69, 9.17) is 0 Å². The molecule has 0 spiro atoms. The van der Waals surface area contributed by atoms with E-state index in [9.17, 15) is 36.3 Å². The molecule has 0 saturated heterocycles. The SMILES string of the molecule is O=C(Cn1cc(C2CCC(F)(F)CC2)c(C(F)(F)F)n1)N[C@H](Cc1ccccc1)C(=O)C(=O)NCc1nccs1. The molecule has 14 heteroatoms. The molecule has 2 N–H and O–H groups in total. The van der Waals surface area contributed by atoms with Gasteiger partial charge in [-0.15, -0.1) is 11.3 Å². The Morgan fingerprint density at radius 3 is 2.45 bits per heavy atom. The fourth-order valence-corrected chi connectivity index (χ4v) is 5.13. The molecule has 214 valence electrons. The van der Waals surface area contributed by atoms with Crippen molar-refractivity contribution in [3.05, 3.63) is 69.9 Å². The van der Waals surface area contributed by atoms with Crippen LogP contribution in [0.15, 0.2) is 48.1 Å². The van der Waals surface area contributed by atoms with E-state index in [2.05, 4.69) is 20.7 Å². The number of aromatic nitrogens is 3. The Morgan fingerprint density at radius 1 is 1.12 bits per heavy atom. The third-order valence-corrected chi connectivity index (χ3v) is 7.34. The fourth-order valence-electron chi connectivity index (χ4n) is 4.58. The number of alkyl halides is 5. The molecule has 1 aliphatic carbocycles. The number of hydrogen-bond donors (Lipinski definition) is 2. The molecule has 1 aromatic carbocycles. The van der Waals surface area contributed by atoms with E-state index in [0.29, 0.717) is 10.6 Å². The van der Waals surface area contributed by atoms with Gasteiger partial charge in [-0.3, -0.25) is 19.1 Å². The van der Waals surface area contributed by atoms with Crippen LogP contribution in [0.2, 0.25) is 0 Å². The molecule has 0 unspecified atom stereocenters. The van der Waals surface area contributed by atoms with Gasteiger partial charge in [0.1, 0.15) is 17.6 Å². The van der Waals surface area contributed by atoms with Crippen LogP contribution in [0, 0.1) is 0 Å². The molecule has 0 radical (unpaired) electrons. The lowest BCUT2D eigenvalue weighted by molar-refractivity contribution is -0.143. The van der Waals surface area contributed by atoms with Crippen molar-refractivity contribution in [3.63, 3.8) is 0 Å². The maximum absolute atomic E-state index is 13.7. The molecule has 2 amide bonds. The standard InChI is InChI=1S/C26H26F5N5O3S/c27-25(28)8-6-17(7-9-25)18-14-36(35-23(18)26(29,30)31)15-20(37)34-19(12-16-4-2-1-3-5-16)22(38)24(39)33-13-21-32-10-11-40-21/h1-5,10-11,14,17,19H,6-9,12-13,15H2,(H,33,39)(H,34,37)/t19-/m1/s1. The highest BCUT2D eigenvalue weighted by Gasteiger charge is 2.42. The number of benzene rings is 1. The number of carbonyl (C=O) groups excluding carboxylic acids is 3. The summed E-state index contributed by atoms with van der Waals surface area (Å²) in [6.45, 7) is -0.664. The largest absolute Gasteiger partial charge is 0.435 e. The third kappa shape index (κ3) is 7.71. The van der Waals surface area contributed by atoms with E-state index in [0.717, 1.165) is 10.9 Å². The van der Waals surface area contributed by atoms with Gasteiger partial charge in [-0.2, -0.15) is 18.3 Å². The maximum Gasteiger partial charge on any atom is 0.435 e. The average Bonchev–Trinajstić information content (AvgIpc) is 3.57. The Kier molecular flexibility index (Phi) is 8.96. The van der Waals surface area contributed by atoms with Crippen LogP contribution in [-0.4, -0.2) is 44.3 Å². The van der Waals surface area contributed by atoms with Gasteiger partial charge in [-0.05, 0) is 24.3 Å². The van der Waals surface area contributed by atoms with Gasteiger partial charge in [0.2, 0.25) is 17.6 Å². The maximum atomic E-state index is 13.7. The molecule has 1 atom stereocenters. The van der Waals surface area contributed by atoms with Crippen LogP contribution in [0.5, 0.6) is 0 Å². The Labute approximate surface area is 230 Å². The molecule has 1 saturated carbocycles. The molecule has 1 fully saturated rings. The highest BCUT2D eigenvalue weighted by atomic mass is 32.1. The molecule has 1 aliphatic rings. The number of halogens is 5. The van der Waals surface area contributed by atoms with Crippen molar-refractivity contribution in [2.45, 2.75) is 69.3 Å². The Morgan fingerprint density at radius 2 is 1.82 bits per heavy atom. The molecular weight excluding hydrogens is 557 g/mol. The predicted molar refractivity (Wildman–Crippen MR) is 134 cm³/mol. The zero-order valence-electron chi connectivity index (χ0n) is 21.1. The summed E-state index contributed by atoms with van der Waals surface area (Å²) in [5.41, 5.74) is -0.827. The highest BCUT2D eigenvalue weighted by molar-refractivity contribution is 7.09. The molecule has 0 bridgehead atoms. The van der Waals surface area contributed by atoms with Crippen LogP contribution in [-0.2, 0) is 40.1 Å². The van der Waals surface area contributed by atoms with Crippen LogP contribution in [0.3, 0.4) is 0 Å². The molecule has 8 nitrogen and oxygen atoms in total. The van der Waals surface area contributed by atoms with Crippen LogP contribution in [0.4, 0.5) is 22.0 Å². The number of nitrogens with one attached hydrogen (secondary N) is 2. The van der Waals surface area contributed by atoms with Crippen LogP contribution in [0.1, 0.15) is 53.4 Å². The van der Waals surface area contributed by atoms with Crippen molar-refractivity contribution in [3.8, 4) is 0 Å². The molecule has 4 rings (SSSR count). The van der Waals surface area contributed by atoms with Gasteiger partial charge in [0.25, 0.3) is 5.91 Å². The zero-order chi connectivity index (χ0) is 28.9. The number of thiazole rings is 1. The summed E-state index contributed by atoms with van der Waals surface area (Å²) in [5, 5.41) is 10.7. The smallest absolute Gasteiger partial charge is 0.344 e. The van der Waals surface area contributed by atoms with Gasteiger partial charge in [-0.1, -0.05) is 30.3 Å². The van der Waals surface area contributed by atoms with Gasteiger partial charge in [-0.25, -0.2) is 13.8 Å². The van der Waals surface area contributed by atoms with E-state index >= 15 is 0 Å². The summed E-state index contributed by atoms with van der Waals surface area (Å²) in [5.74, 6) is -6.43. The van der Waals surface area contributed by atoms with Crippen molar-refractivity contribution in [1.29, 1.82) is 0 Å². The molecule has 3 aromatic rings. The number of Topliss-reactive ketones (excluding diaryl/α,β-unsaturated/α-hetero) is 1. The Hall–Kier alpha value is -3.68. The second kappa shape index (κ2) is 12.2. The number of hydrogen-bond acceptors (Lipinski definition) is 6. The average molecular weight is 584 g/mol. The molecule has 2 heterocycles. The monoisotopic (exact) mass is 583 g/mol. The van der Waals surface area contributed by atoms with Gasteiger partial charge in [0, 0.05) is 42.6 Å². The molecule has 40 heavy (non-hydrogen) atoms. The minimum atomic E-state index is -4.85. The van der Waals surface area contributed by atoms with Gasteiger partial charge >= 0.3 is 6.18 Å². The first-order chi connectivity index (χ1) is 18.9. The van der Waals surface area contributed by atoms with E-state index in [1.807, 2.05) is 0 Å². The van der Waals surface area contributed by atoms with Crippen molar-refractivity contribution < 1.29 is 36.3 Å². The quantitative estimate of drug-likeness (QED) is 0.274. The zero-order valence-corrected chi connectivity index (χ0v) is 21.9.